The van der Waals surface area contributed by atoms with Gasteiger partial charge in [0.25, 0.3) is 0 Å². The number of hydrogen-bond acceptors (Lipinski definition) is 4. The number of imidazole rings is 1. The Balaban J connectivity index is 2.10. The molecular weight excluding hydrogens is 273 g/mol. The van der Waals surface area contributed by atoms with Gasteiger partial charge in [-0.25, -0.2) is 9.37 Å². The van der Waals surface area contributed by atoms with Crippen molar-refractivity contribution in [2.24, 2.45) is 5.73 Å². The number of rotatable bonds is 5. The second-order valence-electron chi connectivity index (χ2n) is 4.42. The first-order valence-corrected chi connectivity index (χ1v) is 6.28. The number of amides is 1. The van der Waals surface area contributed by atoms with Crippen LogP contribution in [-0.4, -0.2) is 22.0 Å². The van der Waals surface area contributed by atoms with E-state index in [9.17, 15) is 9.18 Å². The number of benzene rings is 1. The minimum Gasteiger partial charge on any atom is -0.349 e. The van der Waals surface area contributed by atoms with Crippen LogP contribution in [0, 0.1) is 17.1 Å². The fourth-order valence-electron chi connectivity index (χ4n) is 1.84. The zero-order valence-electron chi connectivity index (χ0n) is 11.2. The number of halogens is 1. The number of carbonyl (C=O) groups excluding carboxylic acids is 1. The molecular formula is C14H14FN5O. The molecule has 0 radical (unpaired) electrons. The van der Waals surface area contributed by atoms with Crippen LogP contribution in [0.15, 0.2) is 30.7 Å². The third kappa shape index (κ3) is 3.64. The SMILES string of the molecule is N#Cc1ccc(Cn2cncc2CNC(=O)CN)cc1F. The van der Waals surface area contributed by atoms with Crippen LogP contribution < -0.4 is 11.1 Å². The fourth-order valence-corrected chi connectivity index (χ4v) is 1.84. The number of hydrogen-bond donors (Lipinski definition) is 2. The lowest BCUT2D eigenvalue weighted by molar-refractivity contribution is -0.119. The summed E-state index contributed by atoms with van der Waals surface area (Å²) in [5, 5.41) is 11.3. The number of nitrogens with two attached hydrogens (primary N) is 1. The van der Waals surface area contributed by atoms with E-state index in [4.69, 9.17) is 11.0 Å². The van der Waals surface area contributed by atoms with Crippen molar-refractivity contribution >= 4 is 5.91 Å². The molecule has 1 heterocycles. The Morgan fingerprint density at radius 1 is 1.52 bits per heavy atom. The fraction of sp³-hybridized carbons (Fsp3) is 0.214. The van der Waals surface area contributed by atoms with Crippen LogP contribution >= 0.6 is 0 Å². The monoisotopic (exact) mass is 287 g/mol. The number of nitriles is 1. The van der Waals surface area contributed by atoms with Gasteiger partial charge in [-0.05, 0) is 17.7 Å². The van der Waals surface area contributed by atoms with Crippen molar-refractivity contribution in [1.82, 2.24) is 14.9 Å². The van der Waals surface area contributed by atoms with E-state index in [0.29, 0.717) is 18.7 Å². The Hall–Kier alpha value is -2.72. The molecule has 1 amide bonds. The molecule has 1 aromatic heterocycles. The summed E-state index contributed by atoms with van der Waals surface area (Å²) >= 11 is 0. The quantitative estimate of drug-likeness (QED) is 0.837. The summed E-state index contributed by atoms with van der Waals surface area (Å²) in [5.41, 5.74) is 6.71. The van der Waals surface area contributed by atoms with Gasteiger partial charge < -0.3 is 15.6 Å². The molecule has 0 bridgehead atoms. The summed E-state index contributed by atoms with van der Waals surface area (Å²) in [6.07, 6.45) is 3.22. The molecule has 108 valence electrons. The van der Waals surface area contributed by atoms with Gasteiger partial charge in [-0.2, -0.15) is 5.26 Å². The maximum atomic E-state index is 13.6. The zero-order valence-corrected chi connectivity index (χ0v) is 11.2. The Labute approximate surface area is 121 Å². The highest BCUT2D eigenvalue weighted by atomic mass is 19.1. The predicted molar refractivity (Wildman–Crippen MR) is 73.3 cm³/mol. The Morgan fingerprint density at radius 3 is 3.00 bits per heavy atom. The van der Waals surface area contributed by atoms with E-state index in [1.807, 2.05) is 0 Å². The summed E-state index contributed by atoms with van der Waals surface area (Å²) in [7, 11) is 0. The lowest BCUT2D eigenvalue weighted by Gasteiger charge is -2.09. The zero-order chi connectivity index (χ0) is 15.2. The van der Waals surface area contributed by atoms with Gasteiger partial charge in [0.2, 0.25) is 5.91 Å². The minimum atomic E-state index is -0.548. The number of nitrogens with one attached hydrogen (secondary N) is 1. The van der Waals surface area contributed by atoms with Gasteiger partial charge in [0.1, 0.15) is 11.9 Å². The molecule has 0 saturated heterocycles. The van der Waals surface area contributed by atoms with Crippen LogP contribution in [0.5, 0.6) is 0 Å². The van der Waals surface area contributed by atoms with Crippen LogP contribution in [-0.2, 0) is 17.9 Å². The second kappa shape index (κ2) is 6.63. The molecule has 21 heavy (non-hydrogen) atoms. The number of nitrogens with zero attached hydrogens (tertiary/aromatic N) is 3. The molecule has 2 rings (SSSR count). The highest BCUT2D eigenvalue weighted by Gasteiger charge is 2.07. The van der Waals surface area contributed by atoms with E-state index in [1.54, 1.807) is 29.2 Å². The van der Waals surface area contributed by atoms with Crippen molar-refractivity contribution in [2.45, 2.75) is 13.1 Å². The van der Waals surface area contributed by atoms with Gasteiger partial charge in [0, 0.05) is 12.7 Å². The summed E-state index contributed by atoms with van der Waals surface area (Å²) in [4.78, 5) is 15.2. The highest BCUT2D eigenvalue weighted by molar-refractivity contribution is 5.77. The van der Waals surface area contributed by atoms with Crippen molar-refractivity contribution in [2.75, 3.05) is 6.54 Å². The van der Waals surface area contributed by atoms with Crippen molar-refractivity contribution in [1.29, 1.82) is 5.26 Å². The third-order valence-electron chi connectivity index (χ3n) is 2.96. The largest absolute Gasteiger partial charge is 0.349 e. The van der Waals surface area contributed by atoms with Crippen molar-refractivity contribution < 1.29 is 9.18 Å². The maximum Gasteiger partial charge on any atom is 0.234 e. The average Bonchev–Trinajstić information content (AvgIpc) is 2.92. The van der Waals surface area contributed by atoms with E-state index in [-0.39, 0.29) is 18.0 Å². The van der Waals surface area contributed by atoms with Crippen LogP contribution in [0.4, 0.5) is 4.39 Å². The van der Waals surface area contributed by atoms with Gasteiger partial charge >= 0.3 is 0 Å². The lowest BCUT2D eigenvalue weighted by atomic mass is 10.1. The van der Waals surface area contributed by atoms with Gasteiger partial charge in [-0.1, -0.05) is 6.07 Å². The van der Waals surface area contributed by atoms with Crippen LogP contribution in [0.3, 0.4) is 0 Å². The first kappa shape index (κ1) is 14.7. The molecule has 0 aliphatic carbocycles. The smallest absolute Gasteiger partial charge is 0.234 e. The molecule has 0 saturated carbocycles. The highest BCUT2D eigenvalue weighted by Crippen LogP contribution is 2.12. The molecule has 0 spiro atoms. The van der Waals surface area contributed by atoms with Crippen molar-refractivity contribution in [3.63, 3.8) is 0 Å². The molecule has 0 fully saturated rings. The van der Waals surface area contributed by atoms with E-state index in [2.05, 4.69) is 10.3 Å². The first-order chi connectivity index (χ1) is 10.1. The van der Waals surface area contributed by atoms with Gasteiger partial charge in [0.15, 0.2) is 0 Å². The van der Waals surface area contributed by atoms with E-state index < -0.39 is 5.82 Å². The second-order valence-corrected chi connectivity index (χ2v) is 4.42. The Kier molecular flexibility index (Phi) is 4.64. The molecule has 7 heteroatoms. The van der Waals surface area contributed by atoms with Crippen LogP contribution in [0.2, 0.25) is 0 Å². The van der Waals surface area contributed by atoms with Crippen molar-refractivity contribution in [3.05, 3.63) is 53.4 Å². The molecule has 3 N–H and O–H groups in total. The van der Waals surface area contributed by atoms with E-state index in [1.165, 1.54) is 12.1 Å². The molecule has 1 aromatic carbocycles. The molecule has 2 aromatic rings. The molecule has 6 nitrogen and oxygen atoms in total. The normalized spacial score (nSPS) is 10.1. The average molecular weight is 287 g/mol. The summed E-state index contributed by atoms with van der Waals surface area (Å²) < 4.78 is 15.4. The Bertz CT molecular complexity index is 689. The van der Waals surface area contributed by atoms with E-state index in [0.717, 1.165) is 5.69 Å². The number of carbonyl (C=O) groups is 1. The molecule has 0 aliphatic rings. The van der Waals surface area contributed by atoms with Crippen LogP contribution in [0.1, 0.15) is 16.8 Å². The molecule has 0 aliphatic heterocycles. The lowest BCUT2D eigenvalue weighted by Crippen LogP contribution is -2.30. The topological polar surface area (TPSA) is 96.7 Å². The molecule has 0 unspecified atom stereocenters. The maximum absolute atomic E-state index is 13.6. The summed E-state index contributed by atoms with van der Waals surface area (Å²) in [5.74, 6) is -0.805. The predicted octanol–water partition coefficient (Wildman–Crippen LogP) is 0.517. The summed E-state index contributed by atoms with van der Waals surface area (Å²) in [6.45, 7) is 0.625. The van der Waals surface area contributed by atoms with E-state index >= 15 is 0 Å². The van der Waals surface area contributed by atoms with Gasteiger partial charge in [-0.3, -0.25) is 4.79 Å². The van der Waals surface area contributed by atoms with Crippen molar-refractivity contribution in [3.8, 4) is 6.07 Å². The standard InChI is InChI=1S/C14H14FN5O/c15-13-3-10(1-2-11(13)4-16)8-20-9-18-6-12(20)7-19-14(21)5-17/h1-3,6,9H,5,7-8,17H2,(H,19,21). The third-order valence-corrected chi connectivity index (χ3v) is 2.96. The molecule has 0 atom stereocenters. The van der Waals surface area contributed by atoms with Gasteiger partial charge in [-0.15, -0.1) is 0 Å². The minimum absolute atomic E-state index is 0.0137. The number of aromatic nitrogens is 2. The first-order valence-electron chi connectivity index (χ1n) is 6.28. The van der Waals surface area contributed by atoms with Crippen LogP contribution in [0.25, 0.3) is 0 Å². The Morgan fingerprint density at radius 2 is 2.33 bits per heavy atom. The summed E-state index contributed by atoms with van der Waals surface area (Å²) in [6, 6.07) is 6.23. The van der Waals surface area contributed by atoms with Gasteiger partial charge in [0.05, 0.1) is 30.7 Å².